The SMILES string of the molecule is COC(=O)c1cc2[nH]c(O)c(C(=Nc3ccc(C(=O)N4CCC5(CC4)C(=O)CCCCN5C)cc3)c3ccccc3)c2cc1C. The van der Waals surface area contributed by atoms with Crippen molar-refractivity contribution in [2.75, 3.05) is 33.8 Å². The van der Waals surface area contributed by atoms with E-state index in [1.165, 1.54) is 7.11 Å². The number of hydrogen-bond donors (Lipinski definition) is 2. The number of aryl methyl sites for hydroxylation is 1. The number of ketones is 1. The van der Waals surface area contributed by atoms with E-state index in [1.54, 1.807) is 30.3 Å². The van der Waals surface area contributed by atoms with Crippen LogP contribution in [0.15, 0.2) is 71.7 Å². The lowest BCUT2D eigenvalue weighted by Gasteiger charge is -2.45. The fourth-order valence-corrected chi connectivity index (χ4v) is 6.79. The Kier molecular flexibility index (Phi) is 8.29. The molecule has 6 rings (SSSR count). The molecule has 0 aliphatic carbocycles. The van der Waals surface area contributed by atoms with Gasteiger partial charge in [0.15, 0.2) is 11.7 Å². The summed E-state index contributed by atoms with van der Waals surface area (Å²) in [6.45, 7) is 3.83. The number of nitrogens with zero attached hydrogens (tertiary/aromatic N) is 3. The van der Waals surface area contributed by atoms with Gasteiger partial charge < -0.3 is 19.7 Å². The van der Waals surface area contributed by atoms with Crippen molar-refractivity contribution < 1.29 is 24.2 Å². The number of H-pyrrole nitrogens is 1. The van der Waals surface area contributed by atoms with Crippen LogP contribution in [0.4, 0.5) is 5.69 Å². The van der Waals surface area contributed by atoms with Gasteiger partial charge in [-0.2, -0.15) is 0 Å². The summed E-state index contributed by atoms with van der Waals surface area (Å²) in [5.74, 6) is -0.266. The number of aromatic nitrogens is 1. The summed E-state index contributed by atoms with van der Waals surface area (Å²) in [4.78, 5) is 50.8. The molecule has 0 saturated carbocycles. The van der Waals surface area contributed by atoms with Crippen molar-refractivity contribution >= 4 is 40.0 Å². The second-order valence-electron chi connectivity index (χ2n) is 12.1. The number of aromatic amines is 1. The van der Waals surface area contributed by atoms with E-state index in [0.29, 0.717) is 82.7 Å². The van der Waals surface area contributed by atoms with E-state index in [2.05, 4.69) is 9.88 Å². The third-order valence-corrected chi connectivity index (χ3v) is 9.44. The fourth-order valence-electron chi connectivity index (χ4n) is 6.79. The van der Waals surface area contributed by atoms with Crippen molar-refractivity contribution in [3.05, 3.63) is 94.5 Å². The molecule has 45 heavy (non-hydrogen) atoms. The van der Waals surface area contributed by atoms with E-state index in [-0.39, 0.29) is 11.8 Å². The van der Waals surface area contributed by atoms with Gasteiger partial charge in [-0.1, -0.05) is 30.3 Å². The monoisotopic (exact) mass is 606 g/mol. The maximum Gasteiger partial charge on any atom is 0.338 e. The van der Waals surface area contributed by atoms with Crippen LogP contribution in [0.5, 0.6) is 5.88 Å². The first kappa shape index (κ1) is 30.3. The number of piperidine rings is 1. The highest BCUT2D eigenvalue weighted by molar-refractivity contribution is 6.22. The van der Waals surface area contributed by atoms with Crippen LogP contribution in [-0.2, 0) is 9.53 Å². The molecule has 1 aromatic heterocycles. The number of hydrogen-bond acceptors (Lipinski definition) is 7. The molecule has 2 N–H and O–H groups in total. The maximum atomic E-state index is 13.5. The molecular weight excluding hydrogens is 568 g/mol. The first-order valence-electron chi connectivity index (χ1n) is 15.4. The van der Waals surface area contributed by atoms with E-state index < -0.39 is 11.5 Å². The van der Waals surface area contributed by atoms with Crippen LogP contribution in [0.2, 0.25) is 0 Å². The normalized spacial score (nSPS) is 17.4. The molecule has 232 valence electrons. The van der Waals surface area contributed by atoms with Crippen LogP contribution in [0.3, 0.4) is 0 Å². The zero-order valence-corrected chi connectivity index (χ0v) is 25.9. The predicted octanol–water partition coefficient (Wildman–Crippen LogP) is 5.80. The number of aliphatic imine (C=N–C) groups is 1. The average Bonchev–Trinajstić information content (AvgIpc) is 3.31. The van der Waals surface area contributed by atoms with Crippen molar-refractivity contribution in [2.24, 2.45) is 4.99 Å². The van der Waals surface area contributed by atoms with Crippen LogP contribution in [0, 0.1) is 6.92 Å². The Hall–Kier alpha value is -4.76. The number of ether oxygens (including phenoxy) is 1. The van der Waals surface area contributed by atoms with Gasteiger partial charge in [0.1, 0.15) is 0 Å². The Bertz CT molecular complexity index is 1780. The van der Waals surface area contributed by atoms with E-state index in [0.717, 1.165) is 24.9 Å². The molecule has 0 radical (unpaired) electrons. The van der Waals surface area contributed by atoms with Gasteiger partial charge in [0.25, 0.3) is 5.91 Å². The summed E-state index contributed by atoms with van der Waals surface area (Å²) >= 11 is 0. The number of nitrogens with one attached hydrogen (secondary N) is 1. The Labute approximate surface area is 262 Å². The number of aromatic hydroxyl groups is 1. The summed E-state index contributed by atoms with van der Waals surface area (Å²) in [6.07, 6.45) is 3.90. The minimum atomic E-state index is -0.453. The molecular formula is C36H38N4O5. The van der Waals surface area contributed by atoms with Gasteiger partial charge in [-0.25, -0.2) is 9.79 Å². The third-order valence-electron chi connectivity index (χ3n) is 9.44. The van der Waals surface area contributed by atoms with E-state index in [4.69, 9.17) is 9.73 Å². The number of Topliss-reactive ketones (excluding diaryl/α,β-unsaturated/α-hetero) is 1. The molecule has 2 saturated heterocycles. The average molecular weight is 607 g/mol. The van der Waals surface area contributed by atoms with Crippen LogP contribution in [-0.4, -0.2) is 82.6 Å². The van der Waals surface area contributed by atoms with Gasteiger partial charge in [0, 0.05) is 41.5 Å². The van der Waals surface area contributed by atoms with Gasteiger partial charge in [-0.15, -0.1) is 0 Å². The number of carbonyl (C=O) groups excluding carboxylic acids is 3. The summed E-state index contributed by atoms with van der Waals surface area (Å²) < 4.78 is 4.92. The number of esters is 1. The Balaban J connectivity index is 1.29. The first-order chi connectivity index (χ1) is 21.7. The number of carbonyl (C=O) groups is 3. The molecule has 9 nitrogen and oxygen atoms in total. The van der Waals surface area contributed by atoms with Crippen LogP contribution in [0.1, 0.15) is 69.5 Å². The quantitative estimate of drug-likeness (QED) is 0.219. The van der Waals surface area contributed by atoms with Gasteiger partial charge in [-0.05, 0) is 88.2 Å². The van der Waals surface area contributed by atoms with Crippen LogP contribution >= 0.6 is 0 Å². The fraction of sp³-hybridized carbons (Fsp3) is 0.333. The van der Waals surface area contributed by atoms with Crippen LogP contribution < -0.4 is 0 Å². The summed E-state index contributed by atoms with van der Waals surface area (Å²) in [5.41, 5.74) is 4.28. The molecule has 9 heteroatoms. The number of amides is 1. The van der Waals surface area contributed by atoms with E-state index in [9.17, 15) is 19.5 Å². The highest BCUT2D eigenvalue weighted by Gasteiger charge is 2.45. The first-order valence-corrected chi connectivity index (χ1v) is 15.4. The van der Waals surface area contributed by atoms with Gasteiger partial charge >= 0.3 is 5.97 Å². The lowest BCUT2D eigenvalue weighted by molar-refractivity contribution is -0.132. The molecule has 1 spiro atoms. The Morgan fingerprint density at radius 1 is 0.956 bits per heavy atom. The predicted molar refractivity (Wildman–Crippen MR) is 174 cm³/mol. The molecule has 2 aliphatic rings. The Morgan fingerprint density at radius 3 is 2.36 bits per heavy atom. The molecule has 4 aromatic rings. The van der Waals surface area contributed by atoms with Gasteiger partial charge in [0.2, 0.25) is 0 Å². The topological polar surface area (TPSA) is 115 Å². The number of methoxy groups -OCH3 is 1. The number of fused-ring (bicyclic) bond motifs is 1. The van der Waals surface area contributed by atoms with Gasteiger partial charge in [-0.3, -0.25) is 14.5 Å². The zero-order chi connectivity index (χ0) is 31.7. The van der Waals surface area contributed by atoms with E-state index in [1.807, 2.05) is 55.3 Å². The molecule has 0 unspecified atom stereocenters. The molecule has 2 aliphatic heterocycles. The highest BCUT2D eigenvalue weighted by Crippen LogP contribution is 2.35. The van der Waals surface area contributed by atoms with Crippen molar-refractivity contribution in [1.82, 2.24) is 14.8 Å². The largest absolute Gasteiger partial charge is 0.494 e. The lowest BCUT2D eigenvalue weighted by atomic mass is 9.81. The van der Waals surface area contributed by atoms with E-state index >= 15 is 0 Å². The van der Waals surface area contributed by atoms with Crippen molar-refractivity contribution in [3.63, 3.8) is 0 Å². The standard InChI is InChI=1S/C36H38N4O5/c1-23-21-28-29(22-27(23)35(44)45-3)38-33(42)31(28)32(24-9-5-4-6-10-24)37-26-14-12-25(13-15-26)34(43)40-19-16-36(17-20-40)30(41)11-7-8-18-39(36)2/h4-6,9-10,12-15,21-22,38,42H,7-8,11,16-20H2,1-3H3. The molecule has 1 amide bonds. The Morgan fingerprint density at radius 2 is 1.67 bits per heavy atom. The number of rotatable bonds is 5. The second kappa shape index (κ2) is 12.3. The second-order valence-corrected chi connectivity index (χ2v) is 12.1. The minimum absolute atomic E-state index is 0.0569. The smallest absolute Gasteiger partial charge is 0.338 e. The molecule has 3 heterocycles. The number of benzene rings is 3. The van der Waals surface area contributed by atoms with Crippen LogP contribution in [0.25, 0.3) is 10.9 Å². The van der Waals surface area contributed by atoms with Gasteiger partial charge in [0.05, 0.1) is 35.2 Å². The molecule has 0 atom stereocenters. The maximum absolute atomic E-state index is 13.5. The summed E-state index contributed by atoms with van der Waals surface area (Å²) in [5, 5.41) is 11.8. The lowest BCUT2D eigenvalue weighted by Crippen LogP contribution is -2.58. The molecule has 2 fully saturated rings. The third kappa shape index (κ3) is 5.64. The van der Waals surface area contributed by atoms with Crippen molar-refractivity contribution in [1.29, 1.82) is 0 Å². The summed E-state index contributed by atoms with van der Waals surface area (Å²) in [7, 11) is 3.38. The van der Waals surface area contributed by atoms with Crippen molar-refractivity contribution in [3.8, 4) is 5.88 Å². The molecule has 3 aromatic carbocycles. The number of likely N-dealkylation sites (tertiary alicyclic amines) is 2. The number of likely N-dealkylation sites (N-methyl/N-ethyl adjacent to an activating group) is 1. The zero-order valence-electron chi connectivity index (χ0n) is 25.9. The van der Waals surface area contributed by atoms with Crippen molar-refractivity contribution in [2.45, 2.75) is 44.6 Å². The minimum Gasteiger partial charge on any atom is -0.494 e. The summed E-state index contributed by atoms with van der Waals surface area (Å²) in [6, 6.07) is 20.2. The molecule has 0 bridgehead atoms. The highest BCUT2D eigenvalue weighted by atomic mass is 16.5.